The van der Waals surface area contributed by atoms with Gasteiger partial charge >= 0.3 is 12.0 Å². The lowest BCUT2D eigenvalue weighted by Crippen LogP contribution is -2.29. The molecule has 116 valence electrons. The van der Waals surface area contributed by atoms with Crippen LogP contribution in [0.15, 0.2) is 18.2 Å². The second kappa shape index (κ2) is 9.18. The molecule has 1 aromatic carbocycles. The van der Waals surface area contributed by atoms with Gasteiger partial charge in [0.25, 0.3) is 0 Å². The van der Waals surface area contributed by atoms with Gasteiger partial charge < -0.3 is 15.7 Å². The van der Waals surface area contributed by atoms with Crippen LogP contribution in [-0.2, 0) is 4.79 Å². The molecule has 2 amide bonds. The van der Waals surface area contributed by atoms with E-state index in [1.54, 1.807) is 0 Å². The zero-order valence-corrected chi connectivity index (χ0v) is 12.3. The number of carbonyl (C=O) groups is 2. The van der Waals surface area contributed by atoms with Crippen molar-refractivity contribution >= 4 is 29.3 Å². The highest BCUT2D eigenvalue weighted by atomic mass is 35.5. The Kier molecular flexibility index (Phi) is 7.53. The van der Waals surface area contributed by atoms with Crippen LogP contribution in [0.5, 0.6) is 0 Å². The SMILES string of the molecule is O=C(O)CCCCCCNC(=O)Nc1cc(Cl)ccc1F. The third-order valence-electron chi connectivity index (χ3n) is 2.78. The number of carboxylic acids is 1. The molecule has 0 aliphatic carbocycles. The summed E-state index contributed by atoms with van der Waals surface area (Å²) >= 11 is 5.72. The predicted molar refractivity (Wildman–Crippen MR) is 79.2 cm³/mol. The first-order valence-electron chi connectivity index (χ1n) is 6.70. The van der Waals surface area contributed by atoms with Crippen molar-refractivity contribution in [2.24, 2.45) is 0 Å². The van der Waals surface area contributed by atoms with Crippen molar-refractivity contribution in [2.45, 2.75) is 32.1 Å². The minimum atomic E-state index is -0.795. The fourth-order valence-electron chi connectivity index (χ4n) is 1.72. The molecule has 0 bridgehead atoms. The van der Waals surface area contributed by atoms with Crippen LogP contribution in [0.2, 0.25) is 5.02 Å². The lowest BCUT2D eigenvalue weighted by Gasteiger charge is -2.08. The lowest BCUT2D eigenvalue weighted by molar-refractivity contribution is -0.137. The van der Waals surface area contributed by atoms with E-state index in [9.17, 15) is 14.0 Å². The van der Waals surface area contributed by atoms with E-state index in [0.29, 0.717) is 18.0 Å². The van der Waals surface area contributed by atoms with Crippen LogP contribution in [-0.4, -0.2) is 23.7 Å². The van der Waals surface area contributed by atoms with Gasteiger partial charge in [0.05, 0.1) is 5.69 Å². The molecule has 0 aromatic heterocycles. The van der Waals surface area contributed by atoms with Gasteiger partial charge in [-0.05, 0) is 31.0 Å². The summed E-state index contributed by atoms with van der Waals surface area (Å²) in [6, 6.07) is 3.42. The summed E-state index contributed by atoms with van der Waals surface area (Å²) in [5.41, 5.74) is 0.0291. The molecule has 0 heterocycles. The number of amides is 2. The van der Waals surface area contributed by atoms with Crippen LogP contribution in [0, 0.1) is 5.82 Å². The molecule has 0 atom stereocenters. The topological polar surface area (TPSA) is 78.4 Å². The number of benzene rings is 1. The highest BCUT2D eigenvalue weighted by Gasteiger charge is 2.06. The average molecular weight is 317 g/mol. The van der Waals surface area contributed by atoms with Crippen molar-refractivity contribution in [2.75, 3.05) is 11.9 Å². The number of halogens is 2. The molecular formula is C14H18ClFN2O3. The Hall–Kier alpha value is -1.82. The standard InChI is InChI=1S/C14H18ClFN2O3/c15-10-6-7-11(16)12(9-10)18-14(21)17-8-4-2-1-3-5-13(19)20/h6-7,9H,1-5,8H2,(H,19,20)(H2,17,18,21). The molecule has 7 heteroatoms. The lowest BCUT2D eigenvalue weighted by atomic mass is 10.1. The van der Waals surface area contributed by atoms with Gasteiger partial charge in [-0.1, -0.05) is 24.4 Å². The van der Waals surface area contributed by atoms with Gasteiger partial charge in [0.15, 0.2) is 0 Å². The third kappa shape index (κ3) is 7.51. The Bertz CT molecular complexity index is 497. The minimum Gasteiger partial charge on any atom is -0.481 e. The van der Waals surface area contributed by atoms with Crippen LogP contribution in [0.3, 0.4) is 0 Å². The van der Waals surface area contributed by atoms with Crippen LogP contribution in [0.1, 0.15) is 32.1 Å². The highest BCUT2D eigenvalue weighted by Crippen LogP contribution is 2.19. The molecule has 21 heavy (non-hydrogen) atoms. The first kappa shape index (κ1) is 17.2. The predicted octanol–water partition coefficient (Wildman–Crippen LogP) is 3.64. The van der Waals surface area contributed by atoms with Crippen LogP contribution >= 0.6 is 11.6 Å². The van der Waals surface area contributed by atoms with Crippen LogP contribution in [0.25, 0.3) is 0 Å². The van der Waals surface area contributed by atoms with Gasteiger partial charge in [-0.3, -0.25) is 4.79 Å². The fraction of sp³-hybridized carbons (Fsp3) is 0.429. The first-order chi connectivity index (χ1) is 9.99. The van der Waals surface area contributed by atoms with E-state index in [1.165, 1.54) is 18.2 Å². The molecule has 0 unspecified atom stereocenters. The third-order valence-corrected chi connectivity index (χ3v) is 3.01. The molecule has 0 aliphatic heterocycles. The maximum Gasteiger partial charge on any atom is 0.319 e. The van der Waals surface area contributed by atoms with Gasteiger partial charge in [0, 0.05) is 18.0 Å². The number of carbonyl (C=O) groups excluding carboxylic acids is 1. The summed E-state index contributed by atoms with van der Waals surface area (Å²) in [5, 5.41) is 13.8. The molecule has 1 rings (SSSR count). The summed E-state index contributed by atoms with van der Waals surface area (Å²) in [6.07, 6.45) is 3.18. The fourth-order valence-corrected chi connectivity index (χ4v) is 1.89. The van der Waals surface area contributed by atoms with Gasteiger partial charge in [-0.2, -0.15) is 0 Å². The number of hydrogen-bond acceptors (Lipinski definition) is 2. The smallest absolute Gasteiger partial charge is 0.319 e. The molecule has 0 radical (unpaired) electrons. The number of rotatable bonds is 8. The number of urea groups is 1. The summed E-state index contributed by atoms with van der Waals surface area (Å²) in [7, 11) is 0. The first-order valence-corrected chi connectivity index (χ1v) is 7.08. The number of anilines is 1. The van der Waals surface area contributed by atoms with Crippen molar-refractivity contribution in [3.63, 3.8) is 0 Å². The van der Waals surface area contributed by atoms with Crippen molar-refractivity contribution < 1.29 is 19.1 Å². The van der Waals surface area contributed by atoms with Crippen LogP contribution in [0.4, 0.5) is 14.9 Å². The summed E-state index contributed by atoms with van der Waals surface area (Å²) in [4.78, 5) is 21.8. The van der Waals surface area contributed by atoms with Crippen molar-refractivity contribution in [1.29, 1.82) is 0 Å². The van der Waals surface area contributed by atoms with Gasteiger partial charge in [-0.15, -0.1) is 0 Å². The summed E-state index contributed by atoms with van der Waals surface area (Å²) < 4.78 is 13.4. The van der Waals surface area contributed by atoms with E-state index in [2.05, 4.69) is 10.6 Å². The second-order valence-electron chi connectivity index (χ2n) is 4.56. The number of aliphatic carboxylic acids is 1. The van der Waals surface area contributed by atoms with Gasteiger partial charge in [0.1, 0.15) is 5.82 Å². The molecular weight excluding hydrogens is 299 g/mol. The van der Waals surface area contributed by atoms with E-state index >= 15 is 0 Å². The van der Waals surface area contributed by atoms with Crippen molar-refractivity contribution in [3.8, 4) is 0 Å². The number of carboxylic acid groups (broad SMARTS) is 1. The molecule has 0 spiro atoms. The monoisotopic (exact) mass is 316 g/mol. The number of hydrogen-bond donors (Lipinski definition) is 3. The molecule has 0 aliphatic rings. The molecule has 0 saturated carbocycles. The Labute approximate surface area is 127 Å². The molecule has 3 N–H and O–H groups in total. The Balaban J connectivity index is 2.17. The van der Waals surface area contributed by atoms with E-state index in [4.69, 9.17) is 16.7 Å². The van der Waals surface area contributed by atoms with E-state index in [0.717, 1.165) is 19.3 Å². The summed E-state index contributed by atoms with van der Waals surface area (Å²) in [5.74, 6) is -1.35. The Morgan fingerprint density at radius 1 is 1.19 bits per heavy atom. The van der Waals surface area contributed by atoms with Gasteiger partial charge in [0.2, 0.25) is 0 Å². The molecule has 0 saturated heterocycles. The van der Waals surface area contributed by atoms with E-state index in [-0.39, 0.29) is 12.1 Å². The average Bonchev–Trinajstić information content (AvgIpc) is 2.41. The molecule has 1 aromatic rings. The molecule has 0 fully saturated rings. The number of unbranched alkanes of at least 4 members (excludes halogenated alkanes) is 3. The molecule has 5 nitrogen and oxygen atoms in total. The highest BCUT2D eigenvalue weighted by molar-refractivity contribution is 6.30. The summed E-state index contributed by atoms with van der Waals surface area (Å²) in [6.45, 7) is 0.446. The van der Waals surface area contributed by atoms with Crippen LogP contribution < -0.4 is 10.6 Å². The maximum absolute atomic E-state index is 13.4. The maximum atomic E-state index is 13.4. The zero-order valence-electron chi connectivity index (χ0n) is 11.5. The largest absolute Gasteiger partial charge is 0.481 e. The number of nitrogens with one attached hydrogen (secondary N) is 2. The van der Waals surface area contributed by atoms with Crippen molar-refractivity contribution in [1.82, 2.24) is 5.32 Å². The Morgan fingerprint density at radius 2 is 1.90 bits per heavy atom. The van der Waals surface area contributed by atoms with E-state index < -0.39 is 17.8 Å². The Morgan fingerprint density at radius 3 is 2.62 bits per heavy atom. The minimum absolute atomic E-state index is 0.0291. The van der Waals surface area contributed by atoms with Gasteiger partial charge in [-0.25, -0.2) is 9.18 Å². The second-order valence-corrected chi connectivity index (χ2v) is 5.00. The van der Waals surface area contributed by atoms with Crippen molar-refractivity contribution in [3.05, 3.63) is 29.0 Å². The van der Waals surface area contributed by atoms with E-state index in [1.807, 2.05) is 0 Å². The quantitative estimate of drug-likeness (QED) is 0.641. The zero-order chi connectivity index (χ0) is 15.7. The normalized spacial score (nSPS) is 10.2.